The highest BCUT2D eigenvalue weighted by Gasteiger charge is 2.37. The summed E-state index contributed by atoms with van der Waals surface area (Å²) in [5.74, 6) is 0.545. The third-order valence-electron chi connectivity index (χ3n) is 3.67. The van der Waals surface area contributed by atoms with Crippen LogP contribution >= 0.6 is 12.4 Å². The summed E-state index contributed by atoms with van der Waals surface area (Å²) in [5, 5.41) is 6.44. The molecule has 4 heteroatoms. The predicted octanol–water partition coefficient (Wildman–Crippen LogP) is 1.52. The second kappa shape index (κ2) is 4.31. The second-order valence-electron chi connectivity index (χ2n) is 4.89. The van der Waals surface area contributed by atoms with Crippen molar-refractivity contribution in [3.05, 3.63) is 34.4 Å². The fourth-order valence-electron chi connectivity index (χ4n) is 3.00. The average molecular weight is 253 g/mol. The molecule has 1 fully saturated rings. The van der Waals surface area contributed by atoms with Crippen LogP contribution in [0.5, 0.6) is 0 Å². The first-order valence-corrected chi connectivity index (χ1v) is 5.79. The number of rotatable bonds is 0. The molecule has 0 aromatic heterocycles. The third kappa shape index (κ3) is 1.83. The number of carbonyl (C=O) groups is 1. The van der Waals surface area contributed by atoms with Gasteiger partial charge in [0.15, 0.2) is 0 Å². The largest absolute Gasteiger partial charge is 0.347 e. The Balaban J connectivity index is 0.00000108. The van der Waals surface area contributed by atoms with Gasteiger partial charge in [-0.05, 0) is 25.0 Å². The van der Waals surface area contributed by atoms with Gasteiger partial charge in [-0.2, -0.15) is 0 Å². The summed E-state index contributed by atoms with van der Waals surface area (Å²) in [7, 11) is 0. The van der Waals surface area contributed by atoms with Crippen LogP contribution in [0.4, 0.5) is 0 Å². The Bertz CT molecular complexity index is 473. The first-order valence-electron chi connectivity index (χ1n) is 5.79. The maximum atomic E-state index is 12.0. The number of halogens is 1. The standard InChI is InChI=1S/C13H16N2O.ClH/c1-7-3-8(2)12-9(4-7)10-5-14-6-11(10)15-13(12)16;/h3-4,10-11,14H,5-6H2,1-2H3,(H,15,16);1H/t10-,11+;/m1./s1. The van der Waals surface area contributed by atoms with Gasteiger partial charge in [0.1, 0.15) is 0 Å². The van der Waals surface area contributed by atoms with E-state index in [4.69, 9.17) is 0 Å². The lowest BCUT2D eigenvalue weighted by Gasteiger charge is -2.29. The number of amides is 1. The van der Waals surface area contributed by atoms with E-state index < -0.39 is 0 Å². The molecule has 0 saturated carbocycles. The zero-order valence-corrected chi connectivity index (χ0v) is 10.9. The lowest BCUT2D eigenvalue weighted by Crippen LogP contribution is -2.44. The molecular weight excluding hydrogens is 236 g/mol. The number of benzene rings is 1. The first kappa shape index (κ1) is 12.4. The summed E-state index contributed by atoms with van der Waals surface area (Å²) < 4.78 is 0. The van der Waals surface area contributed by atoms with E-state index >= 15 is 0 Å². The fourth-order valence-corrected chi connectivity index (χ4v) is 3.00. The monoisotopic (exact) mass is 252 g/mol. The topological polar surface area (TPSA) is 41.1 Å². The Morgan fingerprint density at radius 3 is 2.76 bits per heavy atom. The summed E-state index contributed by atoms with van der Waals surface area (Å²) in [5.41, 5.74) is 4.47. The van der Waals surface area contributed by atoms with Crippen molar-refractivity contribution in [1.29, 1.82) is 0 Å². The van der Waals surface area contributed by atoms with E-state index in [0.717, 1.165) is 24.2 Å². The van der Waals surface area contributed by atoms with Crippen LogP contribution < -0.4 is 10.6 Å². The predicted molar refractivity (Wildman–Crippen MR) is 70.0 cm³/mol. The van der Waals surface area contributed by atoms with Crippen molar-refractivity contribution < 1.29 is 4.79 Å². The fraction of sp³-hybridized carbons (Fsp3) is 0.462. The zero-order valence-electron chi connectivity index (χ0n) is 10.0. The van der Waals surface area contributed by atoms with Gasteiger partial charge in [0, 0.05) is 30.6 Å². The van der Waals surface area contributed by atoms with Crippen LogP contribution in [0.1, 0.15) is 33.0 Å². The summed E-state index contributed by atoms with van der Waals surface area (Å²) in [6.45, 7) is 5.98. The number of carbonyl (C=O) groups excluding carboxylic acids is 1. The maximum absolute atomic E-state index is 12.0. The summed E-state index contributed by atoms with van der Waals surface area (Å²) in [4.78, 5) is 12.0. The molecule has 1 amide bonds. The number of hydrogen-bond donors (Lipinski definition) is 2. The number of hydrogen-bond acceptors (Lipinski definition) is 2. The Morgan fingerprint density at radius 2 is 2.00 bits per heavy atom. The number of aryl methyl sites for hydroxylation is 2. The van der Waals surface area contributed by atoms with Crippen LogP contribution in [0.25, 0.3) is 0 Å². The van der Waals surface area contributed by atoms with Crippen LogP contribution in [0, 0.1) is 13.8 Å². The minimum Gasteiger partial charge on any atom is -0.347 e. The van der Waals surface area contributed by atoms with Crippen molar-refractivity contribution in [3.63, 3.8) is 0 Å². The Kier molecular flexibility index (Phi) is 3.15. The van der Waals surface area contributed by atoms with Crippen molar-refractivity contribution >= 4 is 18.3 Å². The third-order valence-corrected chi connectivity index (χ3v) is 3.67. The summed E-state index contributed by atoms with van der Waals surface area (Å²) >= 11 is 0. The van der Waals surface area contributed by atoms with Crippen LogP contribution in [0.15, 0.2) is 12.1 Å². The van der Waals surface area contributed by atoms with E-state index in [0.29, 0.717) is 5.92 Å². The number of nitrogens with one attached hydrogen (secondary N) is 2. The molecule has 92 valence electrons. The van der Waals surface area contributed by atoms with Crippen LogP contribution in [0.2, 0.25) is 0 Å². The van der Waals surface area contributed by atoms with Gasteiger partial charge in [-0.3, -0.25) is 4.79 Å². The van der Waals surface area contributed by atoms with E-state index in [2.05, 4.69) is 29.7 Å². The van der Waals surface area contributed by atoms with Gasteiger partial charge in [0.25, 0.3) is 5.91 Å². The lowest BCUT2D eigenvalue weighted by molar-refractivity contribution is 0.0923. The molecule has 2 atom stereocenters. The van der Waals surface area contributed by atoms with Gasteiger partial charge in [-0.25, -0.2) is 0 Å². The molecule has 17 heavy (non-hydrogen) atoms. The van der Waals surface area contributed by atoms with Gasteiger partial charge in [-0.1, -0.05) is 17.7 Å². The second-order valence-corrected chi connectivity index (χ2v) is 4.89. The highest BCUT2D eigenvalue weighted by molar-refractivity contribution is 5.99. The van der Waals surface area contributed by atoms with Crippen molar-refractivity contribution in [2.75, 3.05) is 13.1 Å². The molecule has 0 unspecified atom stereocenters. The Labute approximate surface area is 107 Å². The molecule has 1 aromatic carbocycles. The molecule has 1 saturated heterocycles. The van der Waals surface area contributed by atoms with E-state index in [1.165, 1.54) is 11.1 Å². The van der Waals surface area contributed by atoms with Crippen molar-refractivity contribution in [2.24, 2.45) is 0 Å². The normalized spacial score (nSPS) is 25.6. The Hall–Kier alpha value is -1.06. The highest BCUT2D eigenvalue weighted by Crippen LogP contribution is 2.32. The minimum atomic E-state index is 0. The molecule has 2 N–H and O–H groups in total. The summed E-state index contributed by atoms with van der Waals surface area (Å²) in [6, 6.07) is 4.54. The average Bonchev–Trinajstić information content (AvgIpc) is 2.64. The van der Waals surface area contributed by atoms with Crippen molar-refractivity contribution in [2.45, 2.75) is 25.8 Å². The van der Waals surface area contributed by atoms with Crippen LogP contribution in [0.3, 0.4) is 0 Å². The molecule has 0 aliphatic carbocycles. The molecular formula is C13H17ClN2O. The molecule has 0 radical (unpaired) electrons. The quantitative estimate of drug-likeness (QED) is 0.735. The zero-order chi connectivity index (χ0) is 11.3. The highest BCUT2D eigenvalue weighted by atomic mass is 35.5. The van der Waals surface area contributed by atoms with E-state index in [9.17, 15) is 4.79 Å². The lowest BCUT2D eigenvalue weighted by atomic mass is 9.83. The molecule has 3 nitrogen and oxygen atoms in total. The van der Waals surface area contributed by atoms with Gasteiger partial charge >= 0.3 is 0 Å². The Morgan fingerprint density at radius 1 is 1.24 bits per heavy atom. The van der Waals surface area contributed by atoms with E-state index in [-0.39, 0.29) is 24.4 Å². The van der Waals surface area contributed by atoms with E-state index in [1.54, 1.807) is 0 Å². The van der Waals surface area contributed by atoms with Crippen LogP contribution in [-0.4, -0.2) is 25.0 Å². The molecule has 2 aliphatic heterocycles. The molecule has 3 rings (SSSR count). The van der Waals surface area contributed by atoms with Gasteiger partial charge in [0.05, 0.1) is 0 Å². The molecule has 0 bridgehead atoms. The van der Waals surface area contributed by atoms with Crippen LogP contribution in [-0.2, 0) is 0 Å². The smallest absolute Gasteiger partial charge is 0.252 e. The van der Waals surface area contributed by atoms with Crippen molar-refractivity contribution in [1.82, 2.24) is 10.6 Å². The summed E-state index contributed by atoms with van der Waals surface area (Å²) in [6.07, 6.45) is 0. The first-order chi connectivity index (χ1) is 7.66. The number of fused-ring (bicyclic) bond motifs is 3. The molecule has 2 aliphatic rings. The maximum Gasteiger partial charge on any atom is 0.252 e. The minimum absolute atomic E-state index is 0. The van der Waals surface area contributed by atoms with Crippen molar-refractivity contribution in [3.8, 4) is 0 Å². The SMILES string of the molecule is Cc1cc(C)c2c(c1)[C@H]1CNC[C@@H]1NC2=O.Cl. The molecule has 1 aromatic rings. The van der Waals surface area contributed by atoms with Gasteiger partial charge < -0.3 is 10.6 Å². The van der Waals surface area contributed by atoms with Gasteiger partial charge in [-0.15, -0.1) is 12.4 Å². The van der Waals surface area contributed by atoms with Gasteiger partial charge in [0.2, 0.25) is 0 Å². The molecule has 2 heterocycles. The molecule has 0 spiro atoms. The van der Waals surface area contributed by atoms with E-state index in [1.807, 2.05) is 6.92 Å².